The Balaban J connectivity index is 1.60. The Kier molecular flexibility index (Phi) is 4.12. The average molecular weight is 288 g/mol. The van der Waals surface area contributed by atoms with Crippen molar-refractivity contribution in [3.8, 4) is 0 Å². The number of rotatable bonds is 3. The first kappa shape index (κ1) is 13.8. The number of nitrogens with zero attached hydrogens (tertiary/aromatic N) is 2. The summed E-state index contributed by atoms with van der Waals surface area (Å²) < 4.78 is 32.2. The van der Waals surface area contributed by atoms with E-state index >= 15 is 0 Å². The van der Waals surface area contributed by atoms with Crippen LogP contribution in [-0.2, 0) is 14.8 Å². The zero-order chi connectivity index (χ0) is 13.3. The van der Waals surface area contributed by atoms with E-state index < -0.39 is 10.0 Å². The van der Waals surface area contributed by atoms with Crippen molar-refractivity contribution in [2.45, 2.75) is 44.2 Å². The van der Waals surface area contributed by atoms with Crippen molar-refractivity contribution >= 4 is 10.0 Å². The average Bonchev–Trinajstić information content (AvgIpc) is 2.86. The summed E-state index contributed by atoms with van der Waals surface area (Å²) in [5.74, 6) is 0.180. The van der Waals surface area contributed by atoms with Gasteiger partial charge in [0.2, 0.25) is 10.0 Å². The molecule has 110 valence electrons. The highest BCUT2D eigenvalue weighted by Crippen LogP contribution is 2.24. The minimum atomic E-state index is -3.14. The minimum Gasteiger partial charge on any atom is -0.377 e. The molecule has 0 saturated carbocycles. The van der Waals surface area contributed by atoms with Gasteiger partial charge in [-0.3, -0.25) is 4.90 Å². The van der Waals surface area contributed by atoms with Gasteiger partial charge in [0.15, 0.2) is 0 Å². The van der Waals surface area contributed by atoms with Gasteiger partial charge in [0.05, 0.1) is 11.9 Å². The standard InChI is InChI=1S/C13H24N2O3S/c16-19(17,11-13-5-1-2-9-18-13)15-8-7-14-6-3-4-12(14)10-15/h12-13H,1-11H2. The molecule has 6 heteroatoms. The topological polar surface area (TPSA) is 49.9 Å². The second-order valence-electron chi connectivity index (χ2n) is 5.96. The third-order valence-corrected chi connectivity index (χ3v) is 6.53. The first-order chi connectivity index (χ1) is 9.15. The van der Waals surface area contributed by atoms with Gasteiger partial charge in [0, 0.05) is 32.3 Å². The molecule has 3 aliphatic heterocycles. The Bertz CT molecular complexity index is 406. The lowest BCUT2D eigenvalue weighted by molar-refractivity contribution is 0.0295. The molecule has 3 fully saturated rings. The smallest absolute Gasteiger partial charge is 0.216 e. The molecule has 0 bridgehead atoms. The van der Waals surface area contributed by atoms with Crippen LogP contribution in [0.25, 0.3) is 0 Å². The molecular weight excluding hydrogens is 264 g/mol. The van der Waals surface area contributed by atoms with Gasteiger partial charge >= 0.3 is 0 Å². The van der Waals surface area contributed by atoms with Gasteiger partial charge in [-0.05, 0) is 38.6 Å². The number of hydrogen-bond donors (Lipinski definition) is 0. The Morgan fingerprint density at radius 2 is 1.95 bits per heavy atom. The zero-order valence-electron chi connectivity index (χ0n) is 11.5. The van der Waals surface area contributed by atoms with Gasteiger partial charge in [-0.25, -0.2) is 8.42 Å². The summed E-state index contributed by atoms with van der Waals surface area (Å²) in [5, 5.41) is 0. The number of ether oxygens (including phenoxy) is 1. The van der Waals surface area contributed by atoms with Crippen molar-refractivity contribution in [1.82, 2.24) is 9.21 Å². The highest BCUT2D eigenvalue weighted by Gasteiger charge is 2.36. The van der Waals surface area contributed by atoms with Crippen molar-refractivity contribution in [1.29, 1.82) is 0 Å². The maximum absolute atomic E-state index is 12.5. The molecule has 5 nitrogen and oxygen atoms in total. The lowest BCUT2D eigenvalue weighted by Crippen LogP contribution is -2.53. The van der Waals surface area contributed by atoms with Crippen LogP contribution in [0.2, 0.25) is 0 Å². The zero-order valence-corrected chi connectivity index (χ0v) is 12.3. The summed E-state index contributed by atoms with van der Waals surface area (Å²) in [6.45, 7) is 4.11. The fraction of sp³-hybridized carbons (Fsp3) is 1.00. The van der Waals surface area contributed by atoms with Crippen LogP contribution in [0, 0.1) is 0 Å². The van der Waals surface area contributed by atoms with Gasteiger partial charge in [-0.2, -0.15) is 4.31 Å². The van der Waals surface area contributed by atoms with Crippen LogP contribution in [-0.4, -0.2) is 68.3 Å². The molecule has 0 spiro atoms. The number of fused-ring (bicyclic) bond motifs is 1. The van der Waals surface area contributed by atoms with E-state index in [2.05, 4.69) is 4.90 Å². The molecule has 0 aromatic carbocycles. The van der Waals surface area contributed by atoms with E-state index in [-0.39, 0.29) is 11.9 Å². The molecule has 0 aromatic rings. The Morgan fingerprint density at radius 1 is 1.05 bits per heavy atom. The van der Waals surface area contributed by atoms with Crippen LogP contribution in [0.15, 0.2) is 0 Å². The fourth-order valence-electron chi connectivity index (χ4n) is 3.49. The number of hydrogen-bond acceptors (Lipinski definition) is 4. The summed E-state index contributed by atoms with van der Waals surface area (Å²) in [5.41, 5.74) is 0. The third kappa shape index (κ3) is 3.12. The Labute approximate surface area is 115 Å². The SMILES string of the molecule is O=S(=O)(CC1CCCCO1)N1CCN2CCCC2C1. The van der Waals surface area contributed by atoms with Crippen LogP contribution in [0.3, 0.4) is 0 Å². The molecule has 0 radical (unpaired) electrons. The second-order valence-corrected chi connectivity index (χ2v) is 7.97. The molecule has 3 heterocycles. The van der Waals surface area contributed by atoms with Gasteiger partial charge < -0.3 is 4.74 Å². The maximum Gasteiger partial charge on any atom is 0.216 e. The fourth-order valence-corrected chi connectivity index (χ4v) is 5.20. The van der Waals surface area contributed by atoms with Crippen LogP contribution >= 0.6 is 0 Å². The summed E-state index contributed by atoms with van der Waals surface area (Å²) in [7, 11) is -3.14. The van der Waals surface area contributed by atoms with Gasteiger partial charge in [-0.1, -0.05) is 0 Å². The molecule has 3 aliphatic rings. The molecule has 2 atom stereocenters. The van der Waals surface area contributed by atoms with Crippen LogP contribution in [0.1, 0.15) is 32.1 Å². The van der Waals surface area contributed by atoms with E-state index in [0.29, 0.717) is 19.1 Å². The monoisotopic (exact) mass is 288 g/mol. The first-order valence-electron chi connectivity index (χ1n) is 7.49. The van der Waals surface area contributed by atoms with E-state index in [0.717, 1.165) is 45.4 Å². The quantitative estimate of drug-likeness (QED) is 0.766. The lowest BCUT2D eigenvalue weighted by Gasteiger charge is -2.37. The normalized spacial score (nSPS) is 34.3. The van der Waals surface area contributed by atoms with Crippen molar-refractivity contribution < 1.29 is 13.2 Å². The van der Waals surface area contributed by atoms with Gasteiger partial charge in [0.25, 0.3) is 0 Å². The molecule has 0 aromatic heterocycles. The number of sulfonamides is 1. The summed E-state index contributed by atoms with van der Waals surface area (Å²) in [6.07, 6.45) is 5.33. The molecule has 3 saturated heterocycles. The molecule has 0 N–H and O–H groups in total. The van der Waals surface area contributed by atoms with Crippen LogP contribution < -0.4 is 0 Å². The van der Waals surface area contributed by atoms with Crippen molar-refractivity contribution in [3.63, 3.8) is 0 Å². The molecule has 2 unspecified atom stereocenters. The molecule has 3 rings (SSSR count). The summed E-state index contributed by atoms with van der Waals surface area (Å²) in [6, 6.07) is 0.454. The maximum atomic E-state index is 12.5. The first-order valence-corrected chi connectivity index (χ1v) is 9.09. The van der Waals surface area contributed by atoms with Crippen molar-refractivity contribution in [2.75, 3.05) is 38.5 Å². The molecular formula is C13H24N2O3S. The van der Waals surface area contributed by atoms with Crippen molar-refractivity contribution in [2.24, 2.45) is 0 Å². The minimum absolute atomic E-state index is 0.0830. The summed E-state index contributed by atoms with van der Waals surface area (Å²) in [4.78, 5) is 2.43. The largest absolute Gasteiger partial charge is 0.377 e. The highest BCUT2D eigenvalue weighted by molar-refractivity contribution is 7.89. The van der Waals surface area contributed by atoms with Crippen molar-refractivity contribution in [3.05, 3.63) is 0 Å². The molecule has 0 aliphatic carbocycles. The van der Waals surface area contributed by atoms with E-state index in [1.165, 1.54) is 6.42 Å². The summed E-state index contributed by atoms with van der Waals surface area (Å²) >= 11 is 0. The van der Waals surface area contributed by atoms with E-state index in [4.69, 9.17) is 4.74 Å². The highest BCUT2D eigenvalue weighted by atomic mass is 32.2. The third-order valence-electron chi connectivity index (χ3n) is 4.61. The van der Waals surface area contributed by atoms with E-state index in [1.54, 1.807) is 4.31 Å². The number of piperazine rings is 1. The predicted molar refractivity (Wildman–Crippen MR) is 73.5 cm³/mol. The van der Waals surface area contributed by atoms with Crippen LogP contribution in [0.5, 0.6) is 0 Å². The van der Waals surface area contributed by atoms with E-state index in [9.17, 15) is 8.42 Å². The predicted octanol–water partition coefficient (Wildman–Crippen LogP) is 0.665. The van der Waals surface area contributed by atoms with Crippen LogP contribution in [0.4, 0.5) is 0 Å². The Hall–Kier alpha value is -0.170. The van der Waals surface area contributed by atoms with Gasteiger partial charge in [-0.15, -0.1) is 0 Å². The Morgan fingerprint density at radius 3 is 2.74 bits per heavy atom. The van der Waals surface area contributed by atoms with E-state index in [1.807, 2.05) is 0 Å². The lowest BCUT2D eigenvalue weighted by atomic mass is 10.1. The molecule has 0 amide bonds. The molecule has 19 heavy (non-hydrogen) atoms. The van der Waals surface area contributed by atoms with Gasteiger partial charge in [0.1, 0.15) is 0 Å². The second kappa shape index (κ2) is 5.68.